The van der Waals surface area contributed by atoms with Gasteiger partial charge in [0.05, 0.1) is 12.1 Å². The van der Waals surface area contributed by atoms with Crippen LogP contribution in [0.25, 0.3) is 16.2 Å². The first-order chi connectivity index (χ1) is 9.65. The van der Waals surface area contributed by atoms with E-state index in [1.165, 1.54) is 16.9 Å². The van der Waals surface area contributed by atoms with E-state index in [0.717, 1.165) is 27.5 Å². The molecule has 4 nitrogen and oxygen atoms in total. The van der Waals surface area contributed by atoms with Gasteiger partial charge < -0.3 is 5.11 Å². The maximum atomic E-state index is 10.7. The van der Waals surface area contributed by atoms with Crippen LogP contribution in [0.5, 0.6) is 0 Å². The van der Waals surface area contributed by atoms with E-state index in [4.69, 9.17) is 5.11 Å². The second kappa shape index (κ2) is 5.09. The first-order valence-electron chi connectivity index (χ1n) is 6.44. The fraction of sp³-hybridized carbons (Fsp3) is 0.200. The van der Waals surface area contributed by atoms with Gasteiger partial charge in [0.1, 0.15) is 0 Å². The lowest BCUT2D eigenvalue weighted by molar-refractivity contribution is -0.136. The lowest BCUT2D eigenvalue weighted by Crippen LogP contribution is -1.97. The number of aliphatic carboxylic acids is 1. The highest BCUT2D eigenvalue weighted by Gasteiger charge is 2.10. The van der Waals surface area contributed by atoms with Crippen LogP contribution < -0.4 is 0 Å². The van der Waals surface area contributed by atoms with Crippen LogP contribution in [0.3, 0.4) is 0 Å². The molecular weight excluding hydrogens is 272 g/mol. The van der Waals surface area contributed by atoms with E-state index in [-0.39, 0.29) is 6.42 Å². The van der Waals surface area contributed by atoms with E-state index in [0.29, 0.717) is 0 Å². The summed E-state index contributed by atoms with van der Waals surface area (Å²) in [5, 5.41) is 8.79. The lowest BCUT2D eigenvalue weighted by Gasteiger charge is -1.98. The Bertz CT molecular complexity index is 724. The second-order valence-corrected chi connectivity index (χ2v) is 5.73. The third-order valence-corrected chi connectivity index (χ3v) is 4.18. The van der Waals surface area contributed by atoms with Crippen molar-refractivity contribution in [1.82, 2.24) is 9.38 Å². The monoisotopic (exact) mass is 286 g/mol. The van der Waals surface area contributed by atoms with Gasteiger partial charge in [0.25, 0.3) is 0 Å². The highest BCUT2D eigenvalue weighted by Crippen LogP contribution is 2.24. The van der Waals surface area contributed by atoms with E-state index >= 15 is 0 Å². The Balaban J connectivity index is 1.92. The minimum Gasteiger partial charge on any atom is -0.481 e. The third-order valence-electron chi connectivity index (χ3n) is 3.19. The van der Waals surface area contributed by atoms with Crippen LogP contribution in [-0.2, 0) is 17.6 Å². The standard InChI is InChI=1S/C15H14N2O2S/c1-2-10-3-5-11(6-4-10)13-9-17-8-12(7-14(18)19)20-15(17)16-13/h3-6,8-9H,2,7H2,1H3,(H,18,19). The van der Waals surface area contributed by atoms with E-state index in [9.17, 15) is 4.79 Å². The van der Waals surface area contributed by atoms with E-state index in [1.54, 1.807) is 0 Å². The van der Waals surface area contributed by atoms with Gasteiger partial charge in [-0.3, -0.25) is 9.20 Å². The van der Waals surface area contributed by atoms with E-state index in [2.05, 4.69) is 36.2 Å². The first-order valence-corrected chi connectivity index (χ1v) is 7.26. The Morgan fingerprint density at radius 1 is 1.30 bits per heavy atom. The number of rotatable bonds is 4. The Morgan fingerprint density at radius 2 is 2.05 bits per heavy atom. The fourth-order valence-corrected chi connectivity index (χ4v) is 3.08. The first kappa shape index (κ1) is 12.9. The Morgan fingerprint density at radius 3 is 2.65 bits per heavy atom. The largest absolute Gasteiger partial charge is 0.481 e. The molecule has 2 aromatic heterocycles. The number of fused-ring (bicyclic) bond motifs is 1. The van der Waals surface area contributed by atoms with E-state index < -0.39 is 5.97 Å². The average Bonchev–Trinajstić information content (AvgIpc) is 2.96. The van der Waals surface area contributed by atoms with Crippen molar-refractivity contribution in [2.75, 3.05) is 0 Å². The SMILES string of the molecule is CCc1ccc(-c2cn3cc(CC(=O)O)sc3n2)cc1. The van der Waals surface area contributed by atoms with Crippen LogP contribution in [0.4, 0.5) is 0 Å². The zero-order valence-electron chi connectivity index (χ0n) is 11.0. The quantitative estimate of drug-likeness (QED) is 0.801. The van der Waals surface area contributed by atoms with Crippen LogP contribution >= 0.6 is 11.3 Å². The molecule has 0 spiro atoms. The normalized spacial score (nSPS) is 11.1. The predicted molar refractivity (Wildman–Crippen MR) is 79.2 cm³/mol. The fourth-order valence-electron chi connectivity index (χ4n) is 2.12. The van der Waals surface area contributed by atoms with Crippen molar-refractivity contribution in [3.05, 3.63) is 47.1 Å². The van der Waals surface area contributed by atoms with Crippen molar-refractivity contribution in [2.45, 2.75) is 19.8 Å². The van der Waals surface area contributed by atoms with Crippen molar-refractivity contribution in [3.8, 4) is 11.3 Å². The summed E-state index contributed by atoms with van der Waals surface area (Å²) in [7, 11) is 0. The third kappa shape index (κ3) is 2.44. The van der Waals surface area contributed by atoms with Crippen molar-refractivity contribution in [1.29, 1.82) is 0 Å². The number of hydrogen-bond acceptors (Lipinski definition) is 3. The van der Waals surface area contributed by atoms with Crippen LogP contribution in [0.2, 0.25) is 0 Å². The zero-order chi connectivity index (χ0) is 14.1. The smallest absolute Gasteiger partial charge is 0.308 e. The van der Waals surface area contributed by atoms with Crippen LogP contribution in [0.1, 0.15) is 17.4 Å². The molecule has 0 aliphatic heterocycles. The van der Waals surface area contributed by atoms with Crippen molar-refractivity contribution >= 4 is 22.3 Å². The van der Waals surface area contributed by atoms with E-state index in [1.807, 2.05) is 16.8 Å². The molecule has 3 aromatic rings. The van der Waals surface area contributed by atoms with Gasteiger partial charge >= 0.3 is 5.97 Å². The number of carboxylic acid groups (broad SMARTS) is 1. The minimum absolute atomic E-state index is 0.0502. The predicted octanol–water partition coefficient (Wildman–Crippen LogP) is 3.25. The summed E-state index contributed by atoms with van der Waals surface area (Å²) in [5.74, 6) is -0.815. The number of aryl methyl sites for hydroxylation is 1. The number of hydrogen-bond donors (Lipinski definition) is 1. The molecule has 0 amide bonds. The van der Waals surface area contributed by atoms with Crippen molar-refractivity contribution < 1.29 is 9.90 Å². The molecule has 102 valence electrons. The van der Waals surface area contributed by atoms with Crippen molar-refractivity contribution in [2.24, 2.45) is 0 Å². The van der Waals surface area contributed by atoms with Crippen LogP contribution in [-0.4, -0.2) is 20.5 Å². The highest BCUT2D eigenvalue weighted by atomic mass is 32.1. The molecule has 5 heteroatoms. The molecule has 3 rings (SSSR count). The molecular formula is C15H14N2O2S. The molecule has 0 atom stereocenters. The summed E-state index contributed by atoms with van der Waals surface area (Å²) in [6.07, 6.45) is 4.86. The number of aromatic nitrogens is 2. The summed E-state index contributed by atoms with van der Waals surface area (Å²) in [6.45, 7) is 2.13. The molecule has 0 saturated heterocycles. The molecule has 0 bridgehead atoms. The Kier molecular flexibility index (Phi) is 3.28. The molecule has 0 aliphatic rings. The number of carboxylic acids is 1. The molecule has 1 N–H and O–H groups in total. The number of nitrogens with zero attached hydrogens (tertiary/aromatic N) is 2. The van der Waals surface area contributed by atoms with Gasteiger partial charge in [0.2, 0.25) is 0 Å². The summed E-state index contributed by atoms with van der Waals surface area (Å²) in [6, 6.07) is 8.37. The highest BCUT2D eigenvalue weighted by molar-refractivity contribution is 7.17. The molecule has 0 aliphatic carbocycles. The molecule has 0 radical (unpaired) electrons. The molecule has 20 heavy (non-hydrogen) atoms. The molecule has 1 aromatic carbocycles. The molecule has 2 heterocycles. The summed E-state index contributed by atoms with van der Waals surface area (Å²) >= 11 is 1.42. The maximum absolute atomic E-state index is 10.7. The summed E-state index contributed by atoms with van der Waals surface area (Å²) in [5.41, 5.74) is 3.30. The van der Waals surface area contributed by atoms with Gasteiger partial charge in [-0.25, -0.2) is 4.98 Å². The van der Waals surface area contributed by atoms with Gasteiger partial charge in [-0.1, -0.05) is 31.2 Å². The zero-order valence-corrected chi connectivity index (χ0v) is 11.9. The van der Waals surface area contributed by atoms with Gasteiger partial charge in [-0.2, -0.15) is 0 Å². The second-order valence-electron chi connectivity index (χ2n) is 4.63. The minimum atomic E-state index is -0.815. The molecule has 0 fully saturated rings. The van der Waals surface area contributed by atoms with Gasteiger partial charge in [0.15, 0.2) is 4.96 Å². The number of thiazole rings is 1. The molecule has 0 unspecified atom stereocenters. The van der Waals surface area contributed by atoms with Gasteiger partial charge in [0, 0.05) is 22.8 Å². The topological polar surface area (TPSA) is 54.6 Å². The summed E-state index contributed by atoms with van der Waals surface area (Å²) < 4.78 is 1.89. The number of carbonyl (C=O) groups is 1. The molecule has 0 saturated carbocycles. The lowest BCUT2D eigenvalue weighted by atomic mass is 10.1. The summed E-state index contributed by atoms with van der Waals surface area (Å²) in [4.78, 5) is 16.9. The number of imidazole rings is 1. The average molecular weight is 286 g/mol. The van der Waals surface area contributed by atoms with Crippen LogP contribution in [0, 0.1) is 0 Å². The Hall–Kier alpha value is -2.14. The van der Waals surface area contributed by atoms with Gasteiger partial charge in [-0.05, 0) is 12.0 Å². The van der Waals surface area contributed by atoms with Crippen LogP contribution in [0.15, 0.2) is 36.7 Å². The number of benzene rings is 1. The van der Waals surface area contributed by atoms with Gasteiger partial charge in [-0.15, -0.1) is 11.3 Å². The van der Waals surface area contributed by atoms with Crippen molar-refractivity contribution in [3.63, 3.8) is 0 Å². The Labute approximate surface area is 120 Å². The maximum Gasteiger partial charge on any atom is 0.308 e.